The number of nitriles is 1. The van der Waals surface area contributed by atoms with Gasteiger partial charge >= 0.3 is 0 Å². The Balaban J connectivity index is 1.67. The van der Waals surface area contributed by atoms with Gasteiger partial charge in [-0.3, -0.25) is 9.59 Å². The number of hydrogen-bond acceptors (Lipinski definition) is 5. The van der Waals surface area contributed by atoms with Crippen LogP contribution >= 0.6 is 11.3 Å². The second-order valence-corrected chi connectivity index (χ2v) is 6.81. The van der Waals surface area contributed by atoms with E-state index in [0.29, 0.717) is 17.1 Å². The average molecular weight is 354 g/mol. The predicted octanol–water partition coefficient (Wildman–Crippen LogP) is 2.97. The Hall–Kier alpha value is -2.85. The van der Waals surface area contributed by atoms with Crippen molar-refractivity contribution in [2.24, 2.45) is 0 Å². The molecule has 1 atom stereocenters. The van der Waals surface area contributed by atoms with E-state index in [1.165, 1.54) is 11.3 Å². The highest BCUT2D eigenvalue weighted by Crippen LogP contribution is 2.30. The van der Waals surface area contributed by atoms with Crippen LogP contribution in [0.1, 0.15) is 25.0 Å². The molecule has 6 nitrogen and oxygen atoms in total. The number of rotatable bonds is 4. The largest absolute Gasteiger partial charge is 0.374 e. The number of fused-ring (bicyclic) bond motifs is 1. The molecule has 3 rings (SSSR count). The molecule has 2 amide bonds. The number of thiophene rings is 1. The van der Waals surface area contributed by atoms with Crippen LogP contribution < -0.4 is 15.5 Å². The van der Waals surface area contributed by atoms with Crippen molar-refractivity contribution in [3.63, 3.8) is 0 Å². The van der Waals surface area contributed by atoms with Crippen LogP contribution in [0.4, 0.5) is 16.4 Å². The molecule has 1 aromatic heterocycles. The fourth-order valence-corrected chi connectivity index (χ4v) is 3.59. The molecular formula is C18H18N4O2S. The Bertz CT molecular complexity index is 868. The van der Waals surface area contributed by atoms with Crippen molar-refractivity contribution < 1.29 is 9.59 Å². The zero-order valence-corrected chi connectivity index (χ0v) is 14.8. The first kappa shape index (κ1) is 17.0. The maximum Gasteiger partial charge on any atom is 0.247 e. The molecule has 2 heterocycles. The summed E-state index contributed by atoms with van der Waals surface area (Å²) >= 11 is 1.33. The molecular weight excluding hydrogens is 336 g/mol. The molecule has 0 saturated carbocycles. The van der Waals surface area contributed by atoms with Crippen LogP contribution in [0.3, 0.4) is 0 Å². The molecule has 1 aromatic carbocycles. The lowest BCUT2D eigenvalue weighted by Crippen LogP contribution is -2.31. The quantitative estimate of drug-likeness (QED) is 0.884. The minimum Gasteiger partial charge on any atom is -0.374 e. The van der Waals surface area contributed by atoms with Crippen LogP contribution in [0.15, 0.2) is 29.6 Å². The van der Waals surface area contributed by atoms with Crippen molar-refractivity contribution in [2.45, 2.75) is 26.3 Å². The first-order chi connectivity index (χ1) is 12.0. The van der Waals surface area contributed by atoms with Gasteiger partial charge in [-0.1, -0.05) is 0 Å². The van der Waals surface area contributed by atoms with Gasteiger partial charge in [-0.2, -0.15) is 5.26 Å². The van der Waals surface area contributed by atoms with Crippen molar-refractivity contribution in [1.82, 2.24) is 0 Å². The van der Waals surface area contributed by atoms with Gasteiger partial charge in [0.25, 0.3) is 0 Å². The normalized spacial score (nSPS) is 13.7. The van der Waals surface area contributed by atoms with Crippen molar-refractivity contribution in [3.8, 4) is 6.07 Å². The van der Waals surface area contributed by atoms with Crippen LogP contribution in [0.5, 0.6) is 0 Å². The van der Waals surface area contributed by atoms with E-state index in [1.807, 2.05) is 18.2 Å². The highest BCUT2D eigenvalue weighted by Gasteiger charge is 2.23. The molecule has 0 spiro atoms. The number of benzene rings is 1. The van der Waals surface area contributed by atoms with E-state index >= 15 is 0 Å². The lowest BCUT2D eigenvalue weighted by Gasteiger charge is -2.17. The fourth-order valence-electron chi connectivity index (χ4n) is 2.85. The SMILES string of the molecule is CC(=O)N1CCc2cc(NC(C)C(=O)Nc3sccc3C#N)ccc21. The van der Waals surface area contributed by atoms with Crippen LogP contribution in [0.25, 0.3) is 0 Å². The van der Waals surface area contributed by atoms with Gasteiger partial charge in [-0.25, -0.2) is 0 Å². The molecule has 1 aliphatic rings. The van der Waals surface area contributed by atoms with Crippen LogP contribution in [0, 0.1) is 11.3 Å². The number of nitrogens with one attached hydrogen (secondary N) is 2. The number of carbonyl (C=O) groups is 2. The van der Waals surface area contributed by atoms with Crippen LogP contribution in [-0.4, -0.2) is 24.4 Å². The number of anilines is 3. The Morgan fingerprint density at radius 3 is 2.88 bits per heavy atom. The summed E-state index contributed by atoms with van der Waals surface area (Å²) in [6, 6.07) is 9.03. The van der Waals surface area contributed by atoms with Crippen molar-refractivity contribution in [3.05, 3.63) is 40.8 Å². The Morgan fingerprint density at radius 2 is 2.16 bits per heavy atom. The third-order valence-electron chi connectivity index (χ3n) is 4.15. The van der Waals surface area contributed by atoms with Crippen LogP contribution in [0.2, 0.25) is 0 Å². The van der Waals surface area contributed by atoms with Gasteiger partial charge in [0.05, 0.1) is 5.56 Å². The maximum atomic E-state index is 12.3. The van der Waals surface area contributed by atoms with Crippen molar-refractivity contribution in [1.29, 1.82) is 5.26 Å². The van der Waals surface area contributed by atoms with E-state index in [9.17, 15) is 9.59 Å². The summed E-state index contributed by atoms with van der Waals surface area (Å²) in [7, 11) is 0. The highest BCUT2D eigenvalue weighted by molar-refractivity contribution is 7.14. The third-order valence-corrected chi connectivity index (χ3v) is 4.98. The molecule has 25 heavy (non-hydrogen) atoms. The lowest BCUT2D eigenvalue weighted by molar-refractivity contribution is -0.117. The Kier molecular flexibility index (Phi) is 4.72. The van der Waals surface area contributed by atoms with Gasteiger partial charge in [0.2, 0.25) is 11.8 Å². The van der Waals surface area contributed by atoms with Gasteiger partial charge in [-0.05, 0) is 48.6 Å². The van der Waals surface area contributed by atoms with E-state index in [2.05, 4.69) is 16.7 Å². The molecule has 0 radical (unpaired) electrons. The summed E-state index contributed by atoms with van der Waals surface area (Å²) in [6.07, 6.45) is 0.811. The van der Waals surface area contributed by atoms with Gasteiger partial charge in [0.15, 0.2) is 0 Å². The number of carbonyl (C=O) groups excluding carboxylic acids is 2. The second-order valence-electron chi connectivity index (χ2n) is 5.89. The topological polar surface area (TPSA) is 85.2 Å². The molecule has 0 aliphatic carbocycles. The molecule has 0 bridgehead atoms. The van der Waals surface area contributed by atoms with Gasteiger partial charge < -0.3 is 15.5 Å². The first-order valence-corrected chi connectivity index (χ1v) is 8.83. The summed E-state index contributed by atoms with van der Waals surface area (Å²) in [5.74, 6) is -0.165. The van der Waals surface area contributed by atoms with Gasteiger partial charge in [-0.15, -0.1) is 11.3 Å². The van der Waals surface area contributed by atoms with E-state index < -0.39 is 6.04 Å². The van der Waals surface area contributed by atoms with E-state index in [-0.39, 0.29) is 11.8 Å². The zero-order valence-electron chi connectivity index (χ0n) is 14.0. The fraction of sp³-hybridized carbons (Fsp3) is 0.278. The van der Waals surface area contributed by atoms with Gasteiger partial charge in [0, 0.05) is 24.8 Å². The van der Waals surface area contributed by atoms with E-state index in [1.54, 1.807) is 30.2 Å². The zero-order chi connectivity index (χ0) is 18.0. The summed E-state index contributed by atoms with van der Waals surface area (Å²) in [6.45, 7) is 4.03. The van der Waals surface area contributed by atoms with E-state index in [0.717, 1.165) is 23.4 Å². The highest BCUT2D eigenvalue weighted by atomic mass is 32.1. The average Bonchev–Trinajstić information content (AvgIpc) is 3.20. The third kappa shape index (κ3) is 3.49. The molecule has 0 fully saturated rings. The van der Waals surface area contributed by atoms with Crippen molar-refractivity contribution >= 4 is 39.5 Å². The summed E-state index contributed by atoms with van der Waals surface area (Å²) in [5.41, 5.74) is 3.33. The molecule has 0 saturated heterocycles. The monoisotopic (exact) mass is 354 g/mol. The Labute approximate surface area is 150 Å². The molecule has 128 valence electrons. The van der Waals surface area contributed by atoms with Gasteiger partial charge in [0.1, 0.15) is 17.1 Å². The number of nitrogens with zero attached hydrogens (tertiary/aromatic N) is 2. The lowest BCUT2D eigenvalue weighted by atomic mass is 10.1. The first-order valence-electron chi connectivity index (χ1n) is 7.95. The second kappa shape index (κ2) is 6.95. The van der Waals surface area contributed by atoms with Crippen LogP contribution in [-0.2, 0) is 16.0 Å². The number of amides is 2. The molecule has 1 unspecified atom stereocenters. The summed E-state index contributed by atoms with van der Waals surface area (Å²) < 4.78 is 0. The molecule has 7 heteroatoms. The smallest absolute Gasteiger partial charge is 0.247 e. The maximum absolute atomic E-state index is 12.3. The summed E-state index contributed by atoms with van der Waals surface area (Å²) in [5, 5.41) is 17.3. The predicted molar refractivity (Wildman–Crippen MR) is 98.9 cm³/mol. The van der Waals surface area contributed by atoms with E-state index in [4.69, 9.17) is 5.26 Å². The summed E-state index contributed by atoms with van der Waals surface area (Å²) in [4.78, 5) is 25.7. The molecule has 1 aliphatic heterocycles. The minimum atomic E-state index is -0.461. The Morgan fingerprint density at radius 1 is 1.36 bits per heavy atom. The van der Waals surface area contributed by atoms with Crippen molar-refractivity contribution in [2.75, 3.05) is 22.1 Å². The standard InChI is InChI=1S/C18H18N4O2S/c1-11(17(24)21-18-14(10-19)6-8-25-18)20-15-3-4-16-13(9-15)5-7-22(16)12(2)23/h3-4,6,8-9,11,20H,5,7H2,1-2H3,(H,21,24). The minimum absolute atomic E-state index is 0.0384. The number of hydrogen-bond donors (Lipinski definition) is 2. The molecule has 2 aromatic rings. The molecule has 2 N–H and O–H groups in total.